The molecule has 0 bridgehead atoms. The van der Waals surface area contributed by atoms with E-state index in [4.69, 9.17) is 9.56 Å². The molecule has 0 saturated heterocycles. The molecule has 1 amide bonds. The van der Waals surface area contributed by atoms with Gasteiger partial charge in [-0.3, -0.25) is 14.2 Å². The molecule has 0 aliphatic heterocycles. The Labute approximate surface area is 164 Å². The van der Waals surface area contributed by atoms with E-state index in [9.17, 15) is 18.0 Å². The molecule has 2 aromatic heterocycles. The van der Waals surface area contributed by atoms with Crippen LogP contribution in [0.15, 0.2) is 64.1 Å². The summed E-state index contributed by atoms with van der Waals surface area (Å²) < 4.78 is 29.2. The second kappa shape index (κ2) is 7.15. The number of nitrogens with zero attached hydrogens (tertiary/aromatic N) is 2. The molecule has 10 heteroatoms. The number of amides is 1. The number of sulfonamides is 1. The number of hydrogen-bond donors (Lipinski definition) is 2. The first-order chi connectivity index (χ1) is 13.8. The van der Waals surface area contributed by atoms with Gasteiger partial charge in [-0.05, 0) is 29.8 Å². The Kier molecular flexibility index (Phi) is 4.65. The number of para-hydroxylation sites is 1. The monoisotopic (exact) mass is 412 g/mol. The van der Waals surface area contributed by atoms with E-state index >= 15 is 0 Å². The van der Waals surface area contributed by atoms with Crippen molar-refractivity contribution in [3.63, 3.8) is 0 Å². The molecule has 3 N–H and O–H groups in total. The zero-order valence-electron chi connectivity index (χ0n) is 15.0. The van der Waals surface area contributed by atoms with E-state index in [0.717, 1.165) is 9.95 Å². The van der Waals surface area contributed by atoms with Crippen LogP contribution in [0.3, 0.4) is 0 Å². The van der Waals surface area contributed by atoms with E-state index in [1.165, 1.54) is 12.4 Å². The van der Waals surface area contributed by atoms with Crippen LogP contribution in [0.2, 0.25) is 0 Å². The van der Waals surface area contributed by atoms with Crippen molar-refractivity contribution < 1.29 is 17.6 Å². The molecule has 2 heterocycles. The van der Waals surface area contributed by atoms with Crippen LogP contribution in [0.5, 0.6) is 0 Å². The van der Waals surface area contributed by atoms with Crippen molar-refractivity contribution >= 4 is 43.7 Å². The van der Waals surface area contributed by atoms with Gasteiger partial charge in [-0.25, -0.2) is 18.5 Å². The first-order valence-corrected chi connectivity index (χ1v) is 10.3. The summed E-state index contributed by atoms with van der Waals surface area (Å²) in [6, 6.07) is 13.5. The number of rotatable bonds is 5. The Morgan fingerprint density at radius 2 is 1.97 bits per heavy atom. The number of furan rings is 1. The molecule has 2 aromatic carbocycles. The molecule has 0 aliphatic rings. The molecule has 0 aliphatic carbocycles. The number of carbonyl (C=O) groups is 1. The van der Waals surface area contributed by atoms with Crippen molar-refractivity contribution in [2.45, 2.75) is 12.3 Å². The van der Waals surface area contributed by atoms with E-state index in [-0.39, 0.29) is 17.9 Å². The second-order valence-corrected chi connectivity index (χ2v) is 8.12. The second-order valence-electron chi connectivity index (χ2n) is 6.51. The Bertz CT molecular complexity index is 1410. The van der Waals surface area contributed by atoms with Gasteiger partial charge in [0.25, 0.3) is 5.56 Å². The quantitative estimate of drug-likeness (QED) is 0.510. The zero-order valence-corrected chi connectivity index (χ0v) is 15.8. The van der Waals surface area contributed by atoms with Gasteiger partial charge in [0.2, 0.25) is 21.5 Å². The molecule has 29 heavy (non-hydrogen) atoms. The van der Waals surface area contributed by atoms with E-state index in [1.807, 2.05) is 6.07 Å². The third-order valence-corrected chi connectivity index (χ3v) is 4.98. The third kappa shape index (κ3) is 4.03. The molecule has 0 spiro atoms. The Morgan fingerprint density at radius 1 is 1.17 bits per heavy atom. The van der Waals surface area contributed by atoms with Crippen molar-refractivity contribution in [3.8, 4) is 0 Å². The fraction of sp³-hybridized carbons (Fsp3) is 0.105. The highest BCUT2D eigenvalue weighted by Gasteiger charge is 2.15. The number of nitrogens with two attached hydrogens (primary N) is 1. The van der Waals surface area contributed by atoms with Crippen molar-refractivity contribution in [3.05, 3.63) is 70.8 Å². The standard InChI is InChI=1S/C19H16N4O5S/c20-29(26,27)10-12-4-3-5-13(8-12)22-16(24)9-23-11-21-17-14-6-1-2-7-15(14)28-18(17)19(23)25/h1-8,11H,9-10H2,(H,22,24)(H2,20,26,27). The maximum absolute atomic E-state index is 12.7. The lowest BCUT2D eigenvalue weighted by atomic mass is 10.2. The van der Waals surface area contributed by atoms with Gasteiger partial charge in [-0.15, -0.1) is 0 Å². The predicted molar refractivity (Wildman–Crippen MR) is 108 cm³/mol. The smallest absolute Gasteiger partial charge is 0.297 e. The number of primary sulfonamides is 1. The third-order valence-electron chi connectivity index (χ3n) is 4.24. The largest absolute Gasteiger partial charge is 0.448 e. The SMILES string of the molecule is NS(=O)(=O)Cc1cccc(NC(=O)Cn2cnc3c(oc4ccccc43)c2=O)c1. The molecule has 0 atom stereocenters. The number of hydrogen-bond acceptors (Lipinski definition) is 6. The average molecular weight is 412 g/mol. The van der Waals surface area contributed by atoms with Gasteiger partial charge in [0, 0.05) is 11.1 Å². The summed E-state index contributed by atoms with van der Waals surface area (Å²) in [6.07, 6.45) is 1.30. The zero-order chi connectivity index (χ0) is 20.6. The molecule has 148 valence electrons. The van der Waals surface area contributed by atoms with Gasteiger partial charge in [0.1, 0.15) is 17.6 Å². The fourth-order valence-corrected chi connectivity index (χ4v) is 3.70. The molecule has 0 unspecified atom stereocenters. The summed E-state index contributed by atoms with van der Waals surface area (Å²) in [4.78, 5) is 29.3. The number of fused-ring (bicyclic) bond motifs is 3. The van der Waals surface area contributed by atoms with Gasteiger partial charge in [0.15, 0.2) is 0 Å². The number of carbonyl (C=O) groups excluding carboxylic acids is 1. The summed E-state index contributed by atoms with van der Waals surface area (Å²) in [5.74, 6) is -0.819. The molecular weight excluding hydrogens is 396 g/mol. The normalized spacial score (nSPS) is 11.8. The van der Waals surface area contributed by atoms with E-state index in [1.54, 1.807) is 36.4 Å². The highest BCUT2D eigenvalue weighted by Crippen LogP contribution is 2.24. The lowest BCUT2D eigenvalue weighted by molar-refractivity contribution is -0.116. The molecule has 0 radical (unpaired) electrons. The van der Waals surface area contributed by atoms with Gasteiger partial charge in [0.05, 0.1) is 12.1 Å². The molecule has 4 rings (SSSR count). The van der Waals surface area contributed by atoms with Gasteiger partial charge < -0.3 is 9.73 Å². The number of nitrogens with one attached hydrogen (secondary N) is 1. The number of anilines is 1. The topological polar surface area (TPSA) is 137 Å². The Morgan fingerprint density at radius 3 is 2.76 bits per heavy atom. The van der Waals surface area contributed by atoms with E-state index in [0.29, 0.717) is 22.4 Å². The van der Waals surface area contributed by atoms with Crippen LogP contribution < -0.4 is 16.0 Å². The minimum absolute atomic E-state index is 0.0802. The highest BCUT2D eigenvalue weighted by atomic mass is 32.2. The van der Waals surface area contributed by atoms with Gasteiger partial charge in [-0.2, -0.15) is 0 Å². The van der Waals surface area contributed by atoms with Crippen molar-refractivity contribution in [1.29, 1.82) is 0 Å². The van der Waals surface area contributed by atoms with Crippen molar-refractivity contribution in [2.75, 3.05) is 5.32 Å². The lowest BCUT2D eigenvalue weighted by Crippen LogP contribution is -2.27. The van der Waals surface area contributed by atoms with E-state index < -0.39 is 21.5 Å². The van der Waals surface area contributed by atoms with Crippen LogP contribution in [-0.4, -0.2) is 23.9 Å². The van der Waals surface area contributed by atoms with E-state index in [2.05, 4.69) is 10.3 Å². The van der Waals surface area contributed by atoms with Gasteiger partial charge in [-0.1, -0.05) is 24.3 Å². The first kappa shape index (κ1) is 18.8. The minimum Gasteiger partial charge on any atom is -0.448 e. The molecule has 4 aromatic rings. The predicted octanol–water partition coefficient (Wildman–Crippen LogP) is 1.57. The van der Waals surface area contributed by atoms with Crippen molar-refractivity contribution in [2.24, 2.45) is 5.14 Å². The summed E-state index contributed by atoms with van der Waals surface area (Å²) >= 11 is 0. The maximum atomic E-state index is 12.7. The average Bonchev–Trinajstić information content (AvgIpc) is 3.02. The summed E-state index contributed by atoms with van der Waals surface area (Å²) in [7, 11) is -3.69. The van der Waals surface area contributed by atoms with Crippen molar-refractivity contribution in [1.82, 2.24) is 9.55 Å². The summed E-state index contributed by atoms with van der Waals surface area (Å²) in [5, 5.41) is 8.39. The maximum Gasteiger partial charge on any atom is 0.297 e. The minimum atomic E-state index is -3.69. The molecule has 9 nitrogen and oxygen atoms in total. The number of aromatic nitrogens is 2. The summed E-state index contributed by atoms with van der Waals surface area (Å²) in [5.41, 5.74) is 1.43. The fourth-order valence-electron chi connectivity index (χ4n) is 3.05. The Hall–Kier alpha value is -3.50. The van der Waals surface area contributed by atoms with Crippen LogP contribution >= 0.6 is 0 Å². The van der Waals surface area contributed by atoms with Crippen LogP contribution in [0.25, 0.3) is 22.1 Å². The summed E-state index contributed by atoms with van der Waals surface area (Å²) in [6.45, 7) is -0.280. The van der Waals surface area contributed by atoms with Crippen LogP contribution in [0, 0.1) is 0 Å². The molecule has 0 fully saturated rings. The van der Waals surface area contributed by atoms with Crippen LogP contribution in [-0.2, 0) is 27.1 Å². The molecular formula is C19H16N4O5S. The number of benzene rings is 2. The van der Waals surface area contributed by atoms with Gasteiger partial charge >= 0.3 is 0 Å². The first-order valence-electron chi connectivity index (χ1n) is 8.56. The Balaban J connectivity index is 1.56. The lowest BCUT2D eigenvalue weighted by Gasteiger charge is -2.08. The van der Waals surface area contributed by atoms with Crippen LogP contribution in [0.4, 0.5) is 5.69 Å². The molecule has 0 saturated carbocycles. The van der Waals surface area contributed by atoms with Crippen LogP contribution in [0.1, 0.15) is 5.56 Å². The highest BCUT2D eigenvalue weighted by molar-refractivity contribution is 7.88.